The number of unbranched alkanes of at least 4 members (excludes halogenated alkanes) is 21. The number of hydrogen-bond donors (Lipinski definition) is 2. The smallest absolute Gasteiger partial charge is 0.222 e. The van der Waals surface area contributed by atoms with Gasteiger partial charge in [0.05, 0.1) is 19.3 Å². The van der Waals surface area contributed by atoms with Gasteiger partial charge in [-0.3, -0.25) is 4.79 Å². The number of carbonyl (C=O) groups excluding carboxylic acids is 1. The van der Waals surface area contributed by atoms with E-state index in [2.05, 4.69) is 13.8 Å². The van der Waals surface area contributed by atoms with E-state index >= 15 is 0 Å². The SMILES string of the molecule is CCCCCCCCCCCCCCCCOCC(O)CN(CCO)C(=O)CCCCCCCCCCC. The molecule has 0 spiro atoms. The van der Waals surface area contributed by atoms with Crippen LogP contribution in [0.1, 0.15) is 168 Å². The van der Waals surface area contributed by atoms with Gasteiger partial charge in [-0.15, -0.1) is 0 Å². The largest absolute Gasteiger partial charge is 0.395 e. The lowest BCUT2D eigenvalue weighted by molar-refractivity contribution is -0.134. The normalized spacial score (nSPS) is 12.2. The minimum atomic E-state index is -0.694. The van der Waals surface area contributed by atoms with Crippen LogP contribution in [0.5, 0.6) is 0 Å². The van der Waals surface area contributed by atoms with Crippen molar-refractivity contribution in [3.8, 4) is 0 Å². The quantitative estimate of drug-likeness (QED) is 0.0862. The van der Waals surface area contributed by atoms with Crippen LogP contribution in [0.3, 0.4) is 0 Å². The molecule has 0 saturated carbocycles. The molecule has 0 aromatic carbocycles. The highest BCUT2D eigenvalue weighted by Crippen LogP contribution is 2.14. The van der Waals surface area contributed by atoms with Crippen LogP contribution in [0, 0.1) is 0 Å². The molecule has 0 rings (SSSR count). The first-order valence-electron chi connectivity index (χ1n) is 16.8. The fourth-order valence-electron chi connectivity index (χ4n) is 5.11. The first-order valence-corrected chi connectivity index (χ1v) is 16.8. The van der Waals surface area contributed by atoms with Gasteiger partial charge < -0.3 is 19.8 Å². The molecule has 0 aliphatic heterocycles. The summed E-state index contributed by atoms with van der Waals surface area (Å²) in [6.07, 6.45) is 29.5. The molecule has 38 heavy (non-hydrogen) atoms. The second kappa shape index (κ2) is 30.9. The zero-order chi connectivity index (χ0) is 27.9. The van der Waals surface area contributed by atoms with Gasteiger partial charge in [0.2, 0.25) is 5.91 Å². The van der Waals surface area contributed by atoms with E-state index in [-0.39, 0.29) is 32.2 Å². The Bertz CT molecular complexity index is 474. The molecule has 0 aromatic heterocycles. The van der Waals surface area contributed by atoms with Gasteiger partial charge in [-0.05, 0) is 12.8 Å². The van der Waals surface area contributed by atoms with Crippen molar-refractivity contribution in [3.63, 3.8) is 0 Å². The molecule has 0 saturated heterocycles. The van der Waals surface area contributed by atoms with Crippen LogP contribution in [0.2, 0.25) is 0 Å². The molecule has 0 aliphatic rings. The second-order valence-corrected chi connectivity index (χ2v) is 11.5. The van der Waals surface area contributed by atoms with Crippen LogP contribution in [0.15, 0.2) is 0 Å². The number of ether oxygens (including phenoxy) is 1. The van der Waals surface area contributed by atoms with E-state index in [0.29, 0.717) is 13.0 Å². The summed E-state index contributed by atoms with van der Waals surface area (Å²) in [6.45, 7) is 5.90. The van der Waals surface area contributed by atoms with Gasteiger partial charge in [-0.25, -0.2) is 0 Å². The summed E-state index contributed by atoms with van der Waals surface area (Å²) in [5.41, 5.74) is 0. The average molecular weight is 542 g/mol. The fraction of sp³-hybridized carbons (Fsp3) is 0.970. The lowest BCUT2D eigenvalue weighted by Gasteiger charge is -2.24. The Balaban J connectivity index is 3.62. The van der Waals surface area contributed by atoms with Crippen molar-refractivity contribution in [2.75, 3.05) is 32.9 Å². The van der Waals surface area contributed by atoms with E-state index < -0.39 is 6.10 Å². The molecule has 5 heteroatoms. The van der Waals surface area contributed by atoms with Crippen molar-refractivity contribution in [1.82, 2.24) is 4.90 Å². The van der Waals surface area contributed by atoms with E-state index in [0.717, 1.165) is 19.3 Å². The average Bonchev–Trinajstić information content (AvgIpc) is 2.91. The van der Waals surface area contributed by atoms with Crippen LogP contribution >= 0.6 is 0 Å². The van der Waals surface area contributed by atoms with E-state index in [1.54, 1.807) is 4.90 Å². The molecule has 2 N–H and O–H groups in total. The van der Waals surface area contributed by atoms with Crippen molar-refractivity contribution in [2.45, 2.75) is 174 Å². The maximum Gasteiger partial charge on any atom is 0.222 e. The second-order valence-electron chi connectivity index (χ2n) is 11.5. The monoisotopic (exact) mass is 542 g/mol. The van der Waals surface area contributed by atoms with Gasteiger partial charge in [0.1, 0.15) is 0 Å². The maximum atomic E-state index is 12.6. The van der Waals surface area contributed by atoms with Crippen molar-refractivity contribution in [1.29, 1.82) is 0 Å². The summed E-state index contributed by atoms with van der Waals surface area (Å²) in [4.78, 5) is 14.2. The lowest BCUT2D eigenvalue weighted by Crippen LogP contribution is -2.40. The van der Waals surface area contributed by atoms with Gasteiger partial charge >= 0.3 is 0 Å². The van der Waals surface area contributed by atoms with Crippen LogP contribution in [0.25, 0.3) is 0 Å². The lowest BCUT2D eigenvalue weighted by atomic mass is 10.0. The molecule has 0 bridgehead atoms. The Hall–Kier alpha value is -0.650. The Kier molecular flexibility index (Phi) is 30.4. The molecule has 1 amide bonds. The summed E-state index contributed by atoms with van der Waals surface area (Å²) in [5, 5.41) is 19.7. The fourth-order valence-corrected chi connectivity index (χ4v) is 5.11. The van der Waals surface area contributed by atoms with Crippen molar-refractivity contribution >= 4 is 5.91 Å². The first kappa shape index (κ1) is 37.4. The molecule has 5 nitrogen and oxygen atoms in total. The third kappa shape index (κ3) is 26.9. The zero-order valence-corrected chi connectivity index (χ0v) is 25.7. The number of hydrogen-bond acceptors (Lipinski definition) is 4. The van der Waals surface area contributed by atoms with E-state index in [4.69, 9.17) is 4.74 Å². The topological polar surface area (TPSA) is 70.0 Å². The summed E-state index contributed by atoms with van der Waals surface area (Å²) in [5.74, 6) is 0.0352. The van der Waals surface area contributed by atoms with Crippen molar-refractivity contribution in [2.24, 2.45) is 0 Å². The third-order valence-corrected chi connectivity index (χ3v) is 7.60. The van der Waals surface area contributed by atoms with Gasteiger partial charge in [-0.2, -0.15) is 0 Å². The summed E-state index contributed by atoms with van der Waals surface area (Å²) < 4.78 is 5.67. The molecule has 0 fully saturated rings. The Morgan fingerprint density at radius 2 is 1.03 bits per heavy atom. The summed E-state index contributed by atoms with van der Waals surface area (Å²) >= 11 is 0. The Labute approximate surface area is 237 Å². The van der Waals surface area contributed by atoms with Gasteiger partial charge in [0.15, 0.2) is 0 Å². The van der Waals surface area contributed by atoms with Gasteiger partial charge in [0.25, 0.3) is 0 Å². The minimum Gasteiger partial charge on any atom is -0.395 e. The highest BCUT2D eigenvalue weighted by Gasteiger charge is 2.17. The molecular formula is C33H67NO4. The highest BCUT2D eigenvalue weighted by molar-refractivity contribution is 5.76. The van der Waals surface area contributed by atoms with E-state index in [1.807, 2.05) is 0 Å². The molecule has 0 aliphatic carbocycles. The number of nitrogens with zero attached hydrogens (tertiary/aromatic N) is 1. The standard InChI is InChI=1S/C33H67NO4/c1-3-5-7-9-11-13-14-15-16-17-19-21-23-25-29-38-31-32(36)30-34(27-28-35)33(37)26-24-22-20-18-12-10-8-6-4-2/h32,35-36H,3-31H2,1-2H3. The Morgan fingerprint density at radius 1 is 0.632 bits per heavy atom. The molecule has 1 unspecified atom stereocenters. The molecular weight excluding hydrogens is 474 g/mol. The number of carbonyl (C=O) groups is 1. The number of aliphatic hydroxyl groups excluding tert-OH is 2. The van der Waals surface area contributed by atoms with E-state index in [1.165, 1.54) is 128 Å². The number of rotatable bonds is 31. The number of aliphatic hydroxyl groups is 2. The number of amides is 1. The van der Waals surface area contributed by atoms with Crippen LogP contribution in [-0.2, 0) is 9.53 Å². The van der Waals surface area contributed by atoms with Gasteiger partial charge in [0, 0.05) is 26.1 Å². The van der Waals surface area contributed by atoms with Gasteiger partial charge in [-0.1, -0.05) is 149 Å². The van der Waals surface area contributed by atoms with Crippen molar-refractivity contribution < 1.29 is 19.7 Å². The predicted octanol–water partition coefficient (Wildman–Crippen LogP) is 8.59. The van der Waals surface area contributed by atoms with Crippen LogP contribution in [-0.4, -0.2) is 60.0 Å². The molecule has 0 heterocycles. The zero-order valence-electron chi connectivity index (χ0n) is 25.7. The predicted molar refractivity (Wildman–Crippen MR) is 163 cm³/mol. The molecule has 0 aromatic rings. The highest BCUT2D eigenvalue weighted by atomic mass is 16.5. The van der Waals surface area contributed by atoms with E-state index in [9.17, 15) is 15.0 Å². The first-order chi connectivity index (χ1) is 18.7. The summed E-state index contributed by atoms with van der Waals surface area (Å²) in [6, 6.07) is 0. The molecule has 1 atom stereocenters. The van der Waals surface area contributed by atoms with Crippen LogP contribution < -0.4 is 0 Å². The molecule has 228 valence electrons. The molecule has 0 radical (unpaired) electrons. The summed E-state index contributed by atoms with van der Waals surface area (Å²) in [7, 11) is 0. The van der Waals surface area contributed by atoms with Crippen molar-refractivity contribution in [3.05, 3.63) is 0 Å². The minimum absolute atomic E-state index is 0.0352. The maximum absolute atomic E-state index is 12.6. The Morgan fingerprint density at radius 3 is 1.45 bits per heavy atom. The van der Waals surface area contributed by atoms with Crippen LogP contribution in [0.4, 0.5) is 0 Å². The third-order valence-electron chi connectivity index (χ3n) is 7.60.